The summed E-state index contributed by atoms with van der Waals surface area (Å²) in [5.74, 6) is 4.68. The predicted molar refractivity (Wildman–Crippen MR) is 45.2 cm³/mol. The minimum Gasteiger partial charge on any atom is -0.320 e. The Bertz CT molecular complexity index is 374. The topological polar surface area (TPSA) is 38.9 Å². The first-order valence-electron chi connectivity index (χ1n) is 3.77. The van der Waals surface area contributed by atoms with E-state index in [2.05, 4.69) is 16.8 Å². The van der Waals surface area contributed by atoms with E-state index in [1.807, 2.05) is 0 Å². The molecule has 0 fully saturated rings. The molecule has 1 rings (SSSR count). The van der Waals surface area contributed by atoms with E-state index in [4.69, 9.17) is 5.73 Å². The molecular formula is C9H7F3N2. The van der Waals surface area contributed by atoms with Crippen LogP contribution < -0.4 is 5.73 Å². The molecule has 0 aliphatic heterocycles. The first-order valence-corrected chi connectivity index (χ1v) is 3.77. The van der Waals surface area contributed by atoms with Crippen LogP contribution in [0.4, 0.5) is 13.2 Å². The smallest absolute Gasteiger partial charge is 0.320 e. The van der Waals surface area contributed by atoms with Crippen molar-refractivity contribution in [3.05, 3.63) is 29.6 Å². The highest BCUT2D eigenvalue weighted by molar-refractivity contribution is 5.38. The molecular weight excluding hydrogens is 193 g/mol. The van der Waals surface area contributed by atoms with Crippen LogP contribution in [0.1, 0.15) is 11.3 Å². The summed E-state index contributed by atoms with van der Waals surface area (Å²) in [6.07, 6.45) is -3.39. The van der Waals surface area contributed by atoms with Crippen molar-refractivity contribution < 1.29 is 13.2 Å². The molecule has 0 aliphatic rings. The molecule has 0 spiro atoms. The van der Waals surface area contributed by atoms with Crippen LogP contribution in [0.2, 0.25) is 0 Å². The number of nitrogens with two attached hydrogens (primary N) is 1. The van der Waals surface area contributed by atoms with Crippen molar-refractivity contribution in [3.8, 4) is 11.8 Å². The quantitative estimate of drug-likeness (QED) is 0.643. The van der Waals surface area contributed by atoms with Crippen LogP contribution in [0, 0.1) is 11.8 Å². The summed E-state index contributed by atoms with van der Waals surface area (Å²) >= 11 is 0. The molecule has 0 amide bonds. The Morgan fingerprint density at radius 2 is 2.14 bits per heavy atom. The normalized spacial score (nSPS) is 10.6. The Labute approximate surface area is 78.9 Å². The van der Waals surface area contributed by atoms with Crippen molar-refractivity contribution in [1.82, 2.24) is 4.98 Å². The lowest BCUT2D eigenvalue weighted by molar-refractivity contribution is -0.141. The summed E-state index contributed by atoms with van der Waals surface area (Å²) in [4.78, 5) is 3.23. The molecule has 1 heterocycles. The molecule has 0 unspecified atom stereocenters. The van der Waals surface area contributed by atoms with Gasteiger partial charge in [0.05, 0.1) is 12.1 Å². The Morgan fingerprint density at radius 3 is 2.71 bits per heavy atom. The monoisotopic (exact) mass is 200 g/mol. The molecule has 2 N–H and O–H groups in total. The number of alkyl halides is 3. The maximum atomic E-state index is 12.3. The van der Waals surface area contributed by atoms with E-state index in [-0.39, 0.29) is 12.1 Å². The van der Waals surface area contributed by atoms with Gasteiger partial charge in [-0.3, -0.25) is 4.98 Å². The fourth-order valence-electron chi connectivity index (χ4n) is 0.878. The minimum atomic E-state index is -4.47. The SMILES string of the molecule is NCC#Cc1cccnc1C(F)(F)F. The van der Waals surface area contributed by atoms with Crippen LogP contribution >= 0.6 is 0 Å². The lowest BCUT2D eigenvalue weighted by atomic mass is 10.2. The van der Waals surface area contributed by atoms with Gasteiger partial charge in [0.2, 0.25) is 0 Å². The van der Waals surface area contributed by atoms with E-state index in [9.17, 15) is 13.2 Å². The molecule has 0 saturated heterocycles. The van der Waals surface area contributed by atoms with Gasteiger partial charge < -0.3 is 5.73 Å². The first kappa shape index (κ1) is 10.5. The highest BCUT2D eigenvalue weighted by atomic mass is 19.4. The van der Waals surface area contributed by atoms with Gasteiger partial charge in [-0.2, -0.15) is 13.2 Å². The van der Waals surface area contributed by atoms with Gasteiger partial charge in [-0.05, 0) is 12.1 Å². The molecule has 0 aromatic carbocycles. The molecule has 0 aliphatic carbocycles. The van der Waals surface area contributed by atoms with E-state index in [0.717, 1.165) is 6.20 Å². The van der Waals surface area contributed by atoms with Gasteiger partial charge in [-0.25, -0.2) is 0 Å². The second-order valence-electron chi connectivity index (χ2n) is 2.40. The number of pyridine rings is 1. The largest absolute Gasteiger partial charge is 0.434 e. The zero-order valence-electron chi connectivity index (χ0n) is 7.10. The second kappa shape index (κ2) is 4.11. The molecule has 74 valence electrons. The van der Waals surface area contributed by atoms with Gasteiger partial charge in [0.1, 0.15) is 0 Å². The standard InChI is InChI=1S/C9H7F3N2/c10-9(11,12)8-7(3-1-5-13)4-2-6-14-8/h2,4,6H,5,13H2. The van der Waals surface area contributed by atoms with E-state index < -0.39 is 11.9 Å². The van der Waals surface area contributed by atoms with Crippen LogP contribution in [0.3, 0.4) is 0 Å². The minimum absolute atomic E-state index is 0.0200. The maximum absolute atomic E-state index is 12.3. The second-order valence-corrected chi connectivity index (χ2v) is 2.40. The fraction of sp³-hybridized carbons (Fsp3) is 0.222. The average Bonchev–Trinajstić information content (AvgIpc) is 2.14. The first-order chi connectivity index (χ1) is 6.55. The number of hydrogen-bond donors (Lipinski definition) is 1. The molecule has 1 aromatic heterocycles. The van der Waals surface area contributed by atoms with Crippen molar-refractivity contribution >= 4 is 0 Å². The molecule has 5 heteroatoms. The third-order valence-corrected chi connectivity index (χ3v) is 1.40. The number of rotatable bonds is 0. The molecule has 1 aromatic rings. The Hall–Kier alpha value is -1.54. The Balaban J connectivity index is 3.16. The van der Waals surface area contributed by atoms with Gasteiger partial charge in [-0.1, -0.05) is 11.8 Å². The van der Waals surface area contributed by atoms with Crippen LogP contribution in [-0.2, 0) is 6.18 Å². The summed E-state index contributed by atoms with van der Waals surface area (Å²) in [5.41, 5.74) is 3.94. The molecule has 0 saturated carbocycles. The lowest BCUT2D eigenvalue weighted by Crippen LogP contribution is -2.10. The summed E-state index contributed by atoms with van der Waals surface area (Å²) in [6, 6.07) is 2.66. The highest BCUT2D eigenvalue weighted by Crippen LogP contribution is 2.29. The molecule has 0 atom stereocenters. The Morgan fingerprint density at radius 1 is 1.43 bits per heavy atom. The summed E-state index contributed by atoms with van der Waals surface area (Å²) in [6.45, 7) is 0.0200. The summed E-state index contributed by atoms with van der Waals surface area (Å²) in [7, 11) is 0. The van der Waals surface area contributed by atoms with Crippen LogP contribution in [0.15, 0.2) is 18.3 Å². The summed E-state index contributed by atoms with van der Waals surface area (Å²) < 4.78 is 36.9. The summed E-state index contributed by atoms with van der Waals surface area (Å²) in [5, 5.41) is 0. The molecule has 2 nitrogen and oxygen atoms in total. The van der Waals surface area contributed by atoms with Gasteiger partial charge >= 0.3 is 6.18 Å². The zero-order chi connectivity index (χ0) is 10.6. The molecule has 0 bridgehead atoms. The van der Waals surface area contributed by atoms with Crippen molar-refractivity contribution in [2.45, 2.75) is 6.18 Å². The third kappa shape index (κ3) is 2.47. The number of nitrogens with zero attached hydrogens (tertiary/aromatic N) is 1. The fourth-order valence-corrected chi connectivity index (χ4v) is 0.878. The van der Waals surface area contributed by atoms with Crippen molar-refractivity contribution in [2.24, 2.45) is 5.73 Å². The molecule has 0 radical (unpaired) electrons. The number of hydrogen-bond acceptors (Lipinski definition) is 2. The number of halogens is 3. The highest BCUT2D eigenvalue weighted by Gasteiger charge is 2.34. The van der Waals surface area contributed by atoms with Crippen LogP contribution in [-0.4, -0.2) is 11.5 Å². The van der Waals surface area contributed by atoms with Gasteiger partial charge in [0.25, 0.3) is 0 Å². The maximum Gasteiger partial charge on any atom is 0.434 e. The van der Waals surface area contributed by atoms with Crippen molar-refractivity contribution in [1.29, 1.82) is 0 Å². The van der Waals surface area contributed by atoms with Crippen molar-refractivity contribution in [2.75, 3.05) is 6.54 Å². The van der Waals surface area contributed by atoms with E-state index in [1.54, 1.807) is 0 Å². The predicted octanol–water partition coefficient (Wildman–Crippen LogP) is 1.41. The van der Waals surface area contributed by atoms with Gasteiger partial charge in [0.15, 0.2) is 5.69 Å². The van der Waals surface area contributed by atoms with Crippen molar-refractivity contribution in [3.63, 3.8) is 0 Å². The van der Waals surface area contributed by atoms with Gasteiger partial charge in [0, 0.05) is 6.20 Å². The zero-order valence-corrected chi connectivity index (χ0v) is 7.10. The lowest BCUT2D eigenvalue weighted by Gasteiger charge is -2.06. The third-order valence-electron chi connectivity index (χ3n) is 1.40. The average molecular weight is 200 g/mol. The van der Waals surface area contributed by atoms with E-state index >= 15 is 0 Å². The van der Waals surface area contributed by atoms with E-state index in [0.29, 0.717) is 0 Å². The van der Waals surface area contributed by atoms with Crippen LogP contribution in [0.25, 0.3) is 0 Å². The number of aromatic nitrogens is 1. The van der Waals surface area contributed by atoms with Gasteiger partial charge in [-0.15, -0.1) is 0 Å². The Kier molecular flexibility index (Phi) is 3.10. The van der Waals surface area contributed by atoms with E-state index in [1.165, 1.54) is 12.1 Å². The van der Waals surface area contributed by atoms with Crippen LogP contribution in [0.5, 0.6) is 0 Å². The molecule has 14 heavy (non-hydrogen) atoms.